The molecular formula is C10H17NO3. The van der Waals surface area contributed by atoms with Gasteiger partial charge in [0.05, 0.1) is 6.10 Å². The van der Waals surface area contributed by atoms with E-state index in [2.05, 4.69) is 5.32 Å². The molecule has 0 saturated heterocycles. The largest absolute Gasteiger partial charge is 0.465 e. The van der Waals surface area contributed by atoms with Gasteiger partial charge in [-0.05, 0) is 37.5 Å². The van der Waals surface area contributed by atoms with Gasteiger partial charge in [0.25, 0.3) is 0 Å². The average molecular weight is 199 g/mol. The normalized spacial score (nSPS) is 41.8. The lowest BCUT2D eigenvalue weighted by Gasteiger charge is -2.43. The van der Waals surface area contributed by atoms with Gasteiger partial charge in [-0.25, -0.2) is 4.79 Å². The smallest absolute Gasteiger partial charge is 0.404 e. The molecule has 0 aromatic rings. The number of carboxylic acid groups (broad SMARTS) is 1. The van der Waals surface area contributed by atoms with Gasteiger partial charge in [0, 0.05) is 6.04 Å². The molecule has 0 aliphatic heterocycles. The van der Waals surface area contributed by atoms with Crippen molar-refractivity contribution in [3.8, 4) is 0 Å². The van der Waals surface area contributed by atoms with Crippen LogP contribution in [-0.4, -0.2) is 28.5 Å². The Hall–Kier alpha value is -0.770. The first kappa shape index (κ1) is 9.77. The number of aliphatic hydroxyl groups excluding tert-OH is 1. The van der Waals surface area contributed by atoms with Crippen molar-refractivity contribution in [1.29, 1.82) is 0 Å². The van der Waals surface area contributed by atoms with Crippen LogP contribution in [0.2, 0.25) is 0 Å². The number of nitrogens with one attached hydrogen (secondary N) is 1. The summed E-state index contributed by atoms with van der Waals surface area (Å²) in [5.74, 6) is 0.638. The van der Waals surface area contributed by atoms with Crippen LogP contribution in [0.4, 0.5) is 4.79 Å². The summed E-state index contributed by atoms with van der Waals surface area (Å²) in [5.41, 5.74) is 0. The number of amides is 1. The summed E-state index contributed by atoms with van der Waals surface area (Å²) in [6.07, 6.45) is 3.78. The van der Waals surface area contributed by atoms with E-state index >= 15 is 0 Å². The first-order valence-corrected chi connectivity index (χ1v) is 5.34. The van der Waals surface area contributed by atoms with Gasteiger partial charge in [-0.3, -0.25) is 0 Å². The quantitative estimate of drug-likeness (QED) is 0.594. The third kappa shape index (κ3) is 1.85. The zero-order valence-electron chi connectivity index (χ0n) is 8.15. The standard InChI is InChI=1S/C10H17NO3/c12-9-6-2-1-3-7(9)5-8(4-6)11-10(13)14/h6-9,11-12H,1-5H2,(H,13,14)/t6-,7+,8?,9?. The van der Waals surface area contributed by atoms with E-state index in [1.165, 1.54) is 6.42 Å². The zero-order chi connectivity index (χ0) is 10.1. The van der Waals surface area contributed by atoms with Gasteiger partial charge >= 0.3 is 6.09 Å². The highest BCUT2D eigenvalue weighted by molar-refractivity contribution is 5.64. The number of hydrogen-bond donors (Lipinski definition) is 3. The minimum atomic E-state index is -0.940. The van der Waals surface area contributed by atoms with Crippen molar-refractivity contribution in [2.45, 2.75) is 44.2 Å². The molecule has 2 fully saturated rings. The van der Waals surface area contributed by atoms with Crippen molar-refractivity contribution in [2.24, 2.45) is 11.8 Å². The average Bonchev–Trinajstić information content (AvgIpc) is 2.05. The van der Waals surface area contributed by atoms with E-state index in [0.29, 0.717) is 11.8 Å². The van der Waals surface area contributed by atoms with Crippen LogP contribution in [0, 0.1) is 11.8 Å². The number of fused-ring (bicyclic) bond motifs is 2. The van der Waals surface area contributed by atoms with Crippen molar-refractivity contribution >= 4 is 6.09 Å². The number of hydrogen-bond acceptors (Lipinski definition) is 2. The van der Waals surface area contributed by atoms with Crippen LogP contribution >= 0.6 is 0 Å². The minimum absolute atomic E-state index is 0.0613. The van der Waals surface area contributed by atoms with E-state index in [-0.39, 0.29) is 12.1 Å². The van der Waals surface area contributed by atoms with Crippen LogP contribution in [0.25, 0.3) is 0 Å². The first-order chi connectivity index (χ1) is 6.66. The first-order valence-electron chi connectivity index (χ1n) is 5.34. The summed E-state index contributed by atoms with van der Waals surface area (Å²) in [5, 5.41) is 21.0. The van der Waals surface area contributed by atoms with Gasteiger partial charge in [0.15, 0.2) is 0 Å². The third-order valence-corrected chi connectivity index (χ3v) is 3.62. The molecule has 2 aliphatic carbocycles. The summed E-state index contributed by atoms with van der Waals surface area (Å²) < 4.78 is 0. The predicted octanol–water partition coefficient (Wildman–Crippen LogP) is 1.19. The van der Waals surface area contributed by atoms with Crippen LogP contribution in [-0.2, 0) is 0 Å². The van der Waals surface area contributed by atoms with Crippen molar-refractivity contribution in [2.75, 3.05) is 0 Å². The lowest BCUT2D eigenvalue weighted by molar-refractivity contribution is -0.0244. The molecule has 4 nitrogen and oxygen atoms in total. The van der Waals surface area contributed by atoms with E-state index in [1.54, 1.807) is 0 Å². The summed E-state index contributed by atoms with van der Waals surface area (Å²) in [6, 6.07) is 0.0613. The molecule has 2 saturated carbocycles. The Labute approximate surface area is 83.3 Å². The summed E-state index contributed by atoms with van der Waals surface area (Å²) >= 11 is 0. The molecule has 0 spiro atoms. The van der Waals surface area contributed by atoms with Gasteiger partial charge in [-0.15, -0.1) is 0 Å². The van der Waals surface area contributed by atoms with Crippen LogP contribution < -0.4 is 5.32 Å². The van der Waals surface area contributed by atoms with Crippen LogP contribution in [0.5, 0.6) is 0 Å². The van der Waals surface area contributed by atoms with Crippen LogP contribution in [0.3, 0.4) is 0 Å². The van der Waals surface area contributed by atoms with E-state index in [4.69, 9.17) is 5.11 Å². The molecule has 4 atom stereocenters. The molecular weight excluding hydrogens is 182 g/mol. The second-order valence-electron chi connectivity index (χ2n) is 4.56. The van der Waals surface area contributed by atoms with E-state index in [9.17, 15) is 9.90 Å². The number of aliphatic hydroxyl groups is 1. The maximum absolute atomic E-state index is 10.5. The summed E-state index contributed by atoms with van der Waals surface area (Å²) in [6.45, 7) is 0. The van der Waals surface area contributed by atoms with Crippen molar-refractivity contribution in [1.82, 2.24) is 5.32 Å². The fraction of sp³-hybridized carbons (Fsp3) is 0.900. The van der Waals surface area contributed by atoms with Gasteiger partial charge < -0.3 is 15.5 Å². The molecule has 0 radical (unpaired) electrons. The Morgan fingerprint density at radius 1 is 1.21 bits per heavy atom. The molecule has 1 amide bonds. The van der Waals surface area contributed by atoms with Gasteiger partial charge in [-0.2, -0.15) is 0 Å². The van der Waals surface area contributed by atoms with Crippen LogP contribution in [0.15, 0.2) is 0 Å². The van der Waals surface area contributed by atoms with E-state index in [1.807, 2.05) is 0 Å². The van der Waals surface area contributed by atoms with Crippen LogP contribution in [0.1, 0.15) is 32.1 Å². The molecule has 2 unspecified atom stereocenters. The lowest BCUT2D eigenvalue weighted by Crippen LogP contribution is -2.48. The molecule has 2 aliphatic rings. The SMILES string of the molecule is O=C(O)NC1C[C@H]2CCC[C@@H](C1)C2O. The Morgan fingerprint density at radius 3 is 2.29 bits per heavy atom. The number of carbonyl (C=O) groups is 1. The zero-order valence-corrected chi connectivity index (χ0v) is 8.15. The molecule has 80 valence electrons. The molecule has 0 aromatic heterocycles. The second-order valence-corrected chi connectivity index (χ2v) is 4.56. The Morgan fingerprint density at radius 2 is 1.79 bits per heavy atom. The molecule has 0 heterocycles. The second kappa shape index (κ2) is 3.77. The highest BCUT2D eigenvalue weighted by Gasteiger charge is 2.39. The molecule has 4 heteroatoms. The van der Waals surface area contributed by atoms with Crippen molar-refractivity contribution < 1.29 is 15.0 Å². The summed E-state index contributed by atoms with van der Waals surface area (Å²) in [7, 11) is 0. The predicted molar refractivity (Wildman–Crippen MR) is 51.0 cm³/mol. The third-order valence-electron chi connectivity index (χ3n) is 3.62. The van der Waals surface area contributed by atoms with Gasteiger partial charge in [-0.1, -0.05) is 6.42 Å². The lowest BCUT2D eigenvalue weighted by atomic mass is 9.68. The maximum atomic E-state index is 10.5. The molecule has 0 aromatic carbocycles. The fourth-order valence-corrected chi connectivity index (χ4v) is 3.00. The highest BCUT2D eigenvalue weighted by Crippen LogP contribution is 2.40. The minimum Gasteiger partial charge on any atom is -0.465 e. The highest BCUT2D eigenvalue weighted by atomic mass is 16.4. The van der Waals surface area contributed by atoms with Gasteiger partial charge in [0.1, 0.15) is 0 Å². The molecule has 14 heavy (non-hydrogen) atoms. The maximum Gasteiger partial charge on any atom is 0.404 e. The van der Waals surface area contributed by atoms with E-state index in [0.717, 1.165) is 25.7 Å². The molecule has 2 rings (SSSR count). The molecule has 2 bridgehead atoms. The summed E-state index contributed by atoms with van der Waals surface area (Å²) in [4.78, 5) is 10.5. The monoisotopic (exact) mass is 199 g/mol. The Balaban J connectivity index is 1.97. The Kier molecular flexibility index (Phi) is 2.63. The fourth-order valence-electron chi connectivity index (χ4n) is 3.00. The topological polar surface area (TPSA) is 69.6 Å². The molecule has 3 N–H and O–H groups in total. The van der Waals surface area contributed by atoms with E-state index < -0.39 is 6.09 Å². The number of rotatable bonds is 1. The Bertz CT molecular complexity index is 217. The van der Waals surface area contributed by atoms with Crippen molar-refractivity contribution in [3.63, 3.8) is 0 Å². The van der Waals surface area contributed by atoms with Crippen molar-refractivity contribution in [3.05, 3.63) is 0 Å². The van der Waals surface area contributed by atoms with Gasteiger partial charge in [0.2, 0.25) is 0 Å².